The summed E-state index contributed by atoms with van der Waals surface area (Å²) in [6.45, 7) is 0. The van der Waals surface area contributed by atoms with E-state index in [9.17, 15) is 10.1 Å². The van der Waals surface area contributed by atoms with Crippen LogP contribution in [-0.4, -0.2) is 4.92 Å². The largest absolute Gasteiger partial charge is 0.294 e. The van der Waals surface area contributed by atoms with E-state index in [1.54, 1.807) is 18.2 Å². The van der Waals surface area contributed by atoms with Gasteiger partial charge in [0.1, 0.15) is 5.69 Å². The summed E-state index contributed by atoms with van der Waals surface area (Å²) in [5, 5.41) is 14.8. The van der Waals surface area contributed by atoms with E-state index in [1.807, 2.05) is 54.6 Å². The summed E-state index contributed by atoms with van der Waals surface area (Å²) in [6.07, 6.45) is 0. The molecule has 0 bridgehead atoms. The van der Waals surface area contributed by atoms with E-state index in [1.165, 1.54) is 6.07 Å². The summed E-state index contributed by atoms with van der Waals surface area (Å²) < 4.78 is 5.19. The van der Waals surface area contributed by atoms with Gasteiger partial charge in [0.2, 0.25) is 0 Å². The average molecular weight is 398 g/mol. The molecule has 29 heavy (non-hydrogen) atoms. The first kappa shape index (κ1) is 18.9. The number of nitrogens with zero attached hydrogens (tertiary/aromatic N) is 2. The third-order valence-corrected chi connectivity index (χ3v) is 8.38. The van der Waals surface area contributed by atoms with Gasteiger partial charge in [0, 0.05) is 22.0 Å². The zero-order valence-corrected chi connectivity index (χ0v) is 16.5. The average Bonchev–Trinajstić information content (AvgIpc) is 2.79. The van der Waals surface area contributed by atoms with Gasteiger partial charge in [0.25, 0.3) is 5.69 Å². The SMILES string of the molecule is O=[N+]([O-])c1ccccc1N=P(c1ccccc1)(c1ccccc1)c1ccccc1. The Kier molecular flexibility index (Phi) is 5.37. The first-order valence-electron chi connectivity index (χ1n) is 9.24. The van der Waals surface area contributed by atoms with E-state index in [2.05, 4.69) is 36.4 Å². The van der Waals surface area contributed by atoms with Crippen LogP contribution in [0.2, 0.25) is 0 Å². The Morgan fingerprint density at radius 3 is 1.38 bits per heavy atom. The van der Waals surface area contributed by atoms with Gasteiger partial charge in [-0.15, -0.1) is 0 Å². The maximum absolute atomic E-state index is 11.7. The second-order valence-electron chi connectivity index (χ2n) is 6.49. The van der Waals surface area contributed by atoms with Gasteiger partial charge in [-0.25, -0.2) is 4.74 Å². The number of nitro benzene ring substituents is 1. The van der Waals surface area contributed by atoms with E-state index >= 15 is 0 Å². The van der Waals surface area contributed by atoms with Crippen molar-refractivity contribution < 1.29 is 4.92 Å². The van der Waals surface area contributed by atoms with Crippen molar-refractivity contribution in [3.8, 4) is 0 Å². The van der Waals surface area contributed by atoms with Crippen LogP contribution in [0.1, 0.15) is 0 Å². The molecule has 0 aliphatic heterocycles. The van der Waals surface area contributed by atoms with Gasteiger partial charge in [-0.1, -0.05) is 103 Å². The van der Waals surface area contributed by atoms with Gasteiger partial charge in [-0.3, -0.25) is 10.1 Å². The zero-order valence-electron chi connectivity index (χ0n) is 15.6. The smallest absolute Gasteiger partial charge is 0.258 e. The number of nitro groups is 1. The third-order valence-electron chi connectivity index (χ3n) is 4.73. The van der Waals surface area contributed by atoms with Gasteiger partial charge >= 0.3 is 0 Å². The first-order chi connectivity index (χ1) is 14.2. The Morgan fingerprint density at radius 1 is 0.586 bits per heavy atom. The van der Waals surface area contributed by atoms with E-state index in [0.717, 1.165) is 15.9 Å². The predicted octanol–water partition coefficient (Wildman–Crippen LogP) is 5.40. The predicted molar refractivity (Wildman–Crippen MR) is 120 cm³/mol. The standard InChI is InChI=1S/C24H19N2O2P/c27-26(28)24-19-11-10-18-23(24)25-29(20-12-4-1-5-13-20,21-14-6-2-7-15-21)22-16-8-3-9-17-22/h1-19H. The van der Waals surface area contributed by atoms with Crippen molar-refractivity contribution in [1.82, 2.24) is 0 Å². The fraction of sp³-hybridized carbons (Fsp3) is 0. The molecule has 4 rings (SSSR count). The highest BCUT2D eigenvalue weighted by molar-refractivity contribution is 7.87. The lowest BCUT2D eigenvalue weighted by atomic mass is 10.3. The van der Waals surface area contributed by atoms with Crippen molar-refractivity contribution in [3.63, 3.8) is 0 Å². The molecule has 4 aromatic carbocycles. The lowest BCUT2D eigenvalue weighted by Crippen LogP contribution is -2.25. The molecule has 0 saturated heterocycles. The van der Waals surface area contributed by atoms with Gasteiger partial charge in [-0.05, 0) is 6.07 Å². The molecular weight excluding hydrogens is 379 g/mol. The van der Waals surface area contributed by atoms with Gasteiger partial charge in [0.15, 0.2) is 0 Å². The molecule has 5 heteroatoms. The highest BCUT2D eigenvalue weighted by Gasteiger charge is 2.28. The lowest BCUT2D eigenvalue weighted by Gasteiger charge is -2.26. The molecule has 142 valence electrons. The summed E-state index contributed by atoms with van der Waals surface area (Å²) in [4.78, 5) is 11.3. The van der Waals surface area contributed by atoms with E-state index in [-0.39, 0.29) is 10.6 Å². The minimum absolute atomic E-state index is 0.0136. The summed E-state index contributed by atoms with van der Waals surface area (Å²) in [7, 11) is -2.52. The molecule has 0 saturated carbocycles. The summed E-state index contributed by atoms with van der Waals surface area (Å²) >= 11 is 0. The monoisotopic (exact) mass is 398 g/mol. The van der Waals surface area contributed by atoms with Crippen molar-refractivity contribution in [2.75, 3.05) is 0 Å². The fourth-order valence-corrected chi connectivity index (χ4v) is 6.96. The van der Waals surface area contributed by atoms with Gasteiger partial charge in [0.05, 0.1) is 12.0 Å². The molecule has 0 aliphatic carbocycles. The van der Waals surface area contributed by atoms with Crippen LogP contribution in [-0.2, 0) is 0 Å². The van der Waals surface area contributed by atoms with Crippen LogP contribution in [0.15, 0.2) is 120 Å². The zero-order chi connectivity index (χ0) is 20.1. The van der Waals surface area contributed by atoms with Crippen molar-refractivity contribution in [2.45, 2.75) is 0 Å². The Bertz CT molecular complexity index is 1070. The number of hydrogen-bond donors (Lipinski definition) is 0. The minimum Gasteiger partial charge on any atom is -0.258 e. The van der Waals surface area contributed by atoms with Gasteiger partial charge in [-0.2, -0.15) is 0 Å². The number of hydrogen-bond acceptors (Lipinski definition) is 3. The summed E-state index contributed by atoms with van der Waals surface area (Å²) in [5.74, 6) is 0. The van der Waals surface area contributed by atoms with Crippen molar-refractivity contribution >= 4 is 34.3 Å². The molecule has 0 unspecified atom stereocenters. The van der Waals surface area contributed by atoms with Crippen molar-refractivity contribution in [1.29, 1.82) is 0 Å². The van der Waals surface area contributed by atoms with Gasteiger partial charge < -0.3 is 0 Å². The normalized spacial score (nSPS) is 11.0. The molecule has 0 spiro atoms. The maximum Gasteiger partial charge on any atom is 0.294 e. The molecule has 0 N–H and O–H groups in total. The third kappa shape index (κ3) is 3.63. The first-order valence-corrected chi connectivity index (χ1v) is 11.0. The van der Waals surface area contributed by atoms with Crippen LogP contribution in [0, 0.1) is 10.1 Å². The molecule has 0 aliphatic rings. The molecule has 0 fully saturated rings. The molecule has 4 nitrogen and oxygen atoms in total. The Labute approximate surface area is 169 Å². The van der Waals surface area contributed by atoms with Crippen molar-refractivity contribution in [3.05, 3.63) is 125 Å². The van der Waals surface area contributed by atoms with Crippen LogP contribution in [0.25, 0.3) is 0 Å². The van der Waals surface area contributed by atoms with E-state index < -0.39 is 7.05 Å². The molecule has 0 amide bonds. The summed E-state index contributed by atoms with van der Waals surface area (Å²) in [6, 6.07) is 36.9. The molecule has 4 aromatic rings. The number of para-hydroxylation sites is 1. The highest BCUT2D eigenvalue weighted by Crippen LogP contribution is 2.50. The molecular formula is C24H19N2O2P. The quantitative estimate of drug-likeness (QED) is 0.257. The second kappa shape index (κ2) is 8.26. The second-order valence-corrected chi connectivity index (χ2v) is 9.51. The fourth-order valence-electron chi connectivity index (χ4n) is 3.42. The number of benzene rings is 4. The maximum atomic E-state index is 11.7. The Balaban J connectivity index is 2.17. The molecule has 0 radical (unpaired) electrons. The van der Waals surface area contributed by atoms with Crippen LogP contribution in [0.4, 0.5) is 11.4 Å². The number of rotatable bonds is 5. The molecule has 0 heterocycles. The van der Waals surface area contributed by atoms with Crippen LogP contribution < -0.4 is 15.9 Å². The molecule has 0 atom stereocenters. The van der Waals surface area contributed by atoms with Crippen LogP contribution in [0.5, 0.6) is 0 Å². The summed E-state index contributed by atoms with van der Waals surface area (Å²) in [5.41, 5.74) is 0.405. The lowest BCUT2D eigenvalue weighted by molar-refractivity contribution is -0.384. The topological polar surface area (TPSA) is 55.5 Å². The van der Waals surface area contributed by atoms with E-state index in [4.69, 9.17) is 4.74 Å². The van der Waals surface area contributed by atoms with Crippen molar-refractivity contribution in [2.24, 2.45) is 4.74 Å². The van der Waals surface area contributed by atoms with E-state index in [0.29, 0.717) is 5.69 Å². The molecule has 0 aromatic heterocycles. The minimum atomic E-state index is -2.52. The van der Waals surface area contributed by atoms with Crippen LogP contribution in [0.3, 0.4) is 0 Å². The highest BCUT2D eigenvalue weighted by atomic mass is 31.2. The Hall–Kier alpha value is -3.49. The van der Waals surface area contributed by atoms with Crippen LogP contribution >= 0.6 is 7.05 Å². The Morgan fingerprint density at radius 2 is 0.966 bits per heavy atom.